The van der Waals surface area contributed by atoms with E-state index in [1.54, 1.807) is 6.20 Å². The Balaban J connectivity index is 0.000000845. The van der Waals surface area contributed by atoms with Crippen LogP contribution in [0.15, 0.2) is 18.5 Å². The standard InChI is InChI=1S/C9H13N3.ClH/c10-9-6-12-4-2-8(9)7-1-3-11-5-7;/h2,4,6-7,11H,1,3,5,10H2;1H. The van der Waals surface area contributed by atoms with E-state index >= 15 is 0 Å². The van der Waals surface area contributed by atoms with Gasteiger partial charge in [-0.1, -0.05) is 0 Å². The van der Waals surface area contributed by atoms with Crippen LogP contribution < -0.4 is 11.1 Å². The Bertz CT molecular complexity index is 271. The van der Waals surface area contributed by atoms with Crippen molar-refractivity contribution in [3.05, 3.63) is 24.0 Å². The molecule has 1 atom stereocenters. The number of nitrogens with zero attached hydrogens (tertiary/aromatic N) is 1. The average Bonchev–Trinajstić information content (AvgIpc) is 2.57. The molecule has 2 rings (SSSR count). The molecular weight excluding hydrogens is 186 g/mol. The molecule has 13 heavy (non-hydrogen) atoms. The Morgan fingerprint density at radius 2 is 2.38 bits per heavy atom. The molecule has 3 nitrogen and oxygen atoms in total. The van der Waals surface area contributed by atoms with Crippen LogP contribution in [0.4, 0.5) is 5.69 Å². The second-order valence-electron chi connectivity index (χ2n) is 3.19. The summed E-state index contributed by atoms with van der Waals surface area (Å²) < 4.78 is 0. The monoisotopic (exact) mass is 199 g/mol. The molecule has 0 bridgehead atoms. The molecule has 72 valence electrons. The van der Waals surface area contributed by atoms with Crippen molar-refractivity contribution in [3.8, 4) is 0 Å². The second-order valence-corrected chi connectivity index (χ2v) is 3.19. The van der Waals surface area contributed by atoms with Gasteiger partial charge in [-0.2, -0.15) is 0 Å². The highest BCUT2D eigenvalue weighted by Gasteiger charge is 2.17. The molecule has 1 aliphatic heterocycles. The van der Waals surface area contributed by atoms with Crippen molar-refractivity contribution in [3.63, 3.8) is 0 Å². The second kappa shape index (κ2) is 4.44. The van der Waals surface area contributed by atoms with Crippen molar-refractivity contribution in [2.75, 3.05) is 18.8 Å². The van der Waals surface area contributed by atoms with Gasteiger partial charge in [0.25, 0.3) is 0 Å². The fraction of sp³-hybridized carbons (Fsp3) is 0.444. The molecule has 1 fully saturated rings. The zero-order valence-electron chi connectivity index (χ0n) is 7.36. The first-order chi connectivity index (χ1) is 5.88. The van der Waals surface area contributed by atoms with Crippen LogP contribution in [-0.2, 0) is 0 Å². The fourth-order valence-corrected chi connectivity index (χ4v) is 1.71. The number of anilines is 1. The quantitative estimate of drug-likeness (QED) is 0.714. The molecule has 1 saturated heterocycles. The van der Waals surface area contributed by atoms with Gasteiger partial charge in [0.2, 0.25) is 0 Å². The molecule has 1 aliphatic rings. The third-order valence-electron chi connectivity index (χ3n) is 2.39. The van der Waals surface area contributed by atoms with Crippen molar-refractivity contribution in [2.45, 2.75) is 12.3 Å². The first-order valence-electron chi connectivity index (χ1n) is 4.28. The number of halogens is 1. The highest BCUT2D eigenvalue weighted by molar-refractivity contribution is 5.85. The van der Waals surface area contributed by atoms with Gasteiger partial charge in [-0.3, -0.25) is 4.98 Å². The summed E-state index contributed by atoms with van der Waals surface area (Å²) in [4.78, 5) is 3.97. The van der Waals surface area contributed by atoms with Crippen LogP contribution in [0.25, 0.3) is 0 Å². The van der Waals surface area contributed by atoms with Crippen molar-refractivity contribution >= 4 is 18.1 Å². The number of nitrogens with one attached hydrogen (secondary N) is 1. The first kappa shape index (κ1) is 10.3. The number of pyridine rings is 1. The molecule has 0 saturated carbocycles. The number of hydrogen-bond acceptors (Lipinski definition) is 3. The Morgan fingerprint density at radius 3 is 3.00 bits per heavy atom. The van der Waals surface area contributed by atoms with Crippen LogP contribution in [0.5, 0.6) is 0 Å². The molecule has 0 amide bonds. The molecule has 1 aromatic rings. The molecule has 1 unspecified atom stereocenters. The van der Waals surface area contributed by atoms with Crippen molar-refractivity contribution in [2.24, 2.45) is 0 Å². The van der Waals surface area contributed by atoms with E-state index in [1.807, 2.05) is 12.3 Å². The van der Waals surface area contributed by atoms with E-state index in [9.17, 15) is 0 Å². The lowest BCUT2D eigenvalue weighted by molar-refractivity contribution is 0.764. The fourth-order valence-electron chi connectivity index (χ4n) is 1.71. The van der Waals surface area contributed by atoms with E-state index in [0.29, 0.717) is 5.92 Å². The summed E-state index contributed by atoms with van der Waals surface area (Å²) in [5.41, 5.74) is 7.88. The number of rotatable bonds is 1. The van der Waals surface area contributed by atoms with Gasteiger partial charge >= 0.3 is 0 Å². The van der Waals surface area contributed by atoms with E-state index in [4.69, 9.17) is 5.73 Å². The summed E-state index contributed by atoms with van der Waals surface area (Å²) in [6.07, 6.45) is 4.73. The number of hydrogen-bond donors (Lipinski definition) is 2. The summed E-state index contributed by atoms with van der Waals surface area (Å²) in [5, 5.41) is 3.32. The molecule has 2 heterocycles. The minimum Gasteiger partial charge on any atom is -0.397 e. The lowest BCUT2D eigenvalue weighted by Crippen LogP contribution is -2.09. The third-order valence-corrected chi connectivity index (χ3v) is 2.39. The summed E-state index contributed by atoms with van der Waals surface area (Å²) in [5.74, 6) is 0.591. The molecule has 0 spiro atoms. The van der Waals surface area contributed by atoms with Crippen molar-refractivity contribution in [1.29, 1.82) is 0 Å². The average molecular weight is 200 g/mol. The number of nitrogens with two attached hydrogens (primary N) is 1. The summed E-state index contributed by atoms with van der Waals surface area (Å²) in [6.45, 7) is 2.15. The molecule has 0 aliphatic carbocycles. The van der Waals surface area contributed by atoms with Crippen LogP contribution in [0.2, 0.25) is 0 Å². The zero-order valence-corrected chi connectivity index (χ0v) is 8.18. The number of aromatic nitrogens is 1. The summed E-state index contributed by atoms with van der Waals surface area (Å²) in [6, 6.07) is 2.02. The van der Waals surface area contributed by atoms with Crippen LogP contribution >= 0.6 is 12.4 Å². The molecule has 0 radical (unpaired) electrons. The van der Waals surface area contributed by atoms with E-state index in [-0.39, 0.29) is 12.4 Å². The van der Waals surface area contributed by atoms with E-state index in [2.05, 4.69) is 10.3 Å². The van der Waals surface area contributed by atoms with Crippen LogP contribution in [0.3, 0.4) is 0 Å². The normalized spacial score (nSPS) is 21.1. The highest BCUT2D eigenvalue weighted by Crippen LogP contribution is 2.25. The third kappa shape index (κ3) is 2.11. The Hall–Kier alpha value is -0.800. The van der Waals surface area contributed by atoms with Crippen molar-refractivity contribution < 1.29 is 0 Å². The molecule has 4 heteroatoms. The largest absolute Gasteiger partial charge is 0.397 e. The van der Waals surface area contributed by atoms with Gasteiger partial charge < -0.3 is 11.1 Å². The van der Waals surface area contributed by atoms with Crippen LogP contribution in [0, 0.1) is 0 Å². The minimum atomic E-state index is 0. The van der Waals surface area contributed by atoms with Gasteiger partial charge in [-0.25, -0.2) is 0 Å². The molecule has 1 aromatic heterocycles. The molecule has 0 aromatic carbocycles. The maximum atomic E-state index is 5.81. The Labute approximate surface area is 84.1 Å². The Morgan fingerprint density at radius 1 is 1.54 bits per heavy atom. The maximum Gasteiger partial charge on any atom is 0.0536 e. The predicted octanol–water partition coefficient (Wildman–Crippen LogP) is 1.16. The van der Waals surface area contributed by atoms with Gasteiger partial charge in [0, 0.05) is 12.7 Å². The highest BCUT2D eigenvalue weighted by atomic mass is 35.5. The Kier molecular flexibility index (Phi) is 3.51. The van der Waals surface area contributed by atoms with Gasteiger partial charge in [-0.15, -0.1) is 12.4 Å². The lowest BCUT2D eigenvalue weighted by Gasteiger charge is -2.10. The summed E-state index contributed by atoms with van der Waals surface area (Å²) >= 11 is 0. The minimum absolute atomic E-state index is 0. The molecule has 3 N–H and O–H groups in total. The van der Waals surface area contributed by atoms with Crippen LogP contribution in [0.1, 0.15) is 17.9 Å². The zero-order chi connectivity index (χ0) is 8.39. The topological polar surface area (TPSA) is 50.9 Å². The smallest absolute Gasteiger partial charge is 0.0536 e. The van der Waals surface area contributed by atoms with E-state index in [0.717, 1.165) is 18.8 Å². The van der Waals surface area contributed by atoms with Gasteiger partial charge in [0.1, 0.15) is 0 Å². The SMILES string of the molecule is Cl.Nc1cnccc1C1CCNC1. The number of nitrogen functional groups attached to an aromatic ring is 1. The van der Waals surface area contributed by atoms with E-state index in [1.165, 1.54) is 12.0 Å². The van der Waals surface area contributed by atoms with Gasteiger partial charge in [0.05, 0.1) is 11.9 Å². The van der Waals surface area contributed by atoms with E-state index < -0.39 is 0 Å². The summed E-state index contributed by atoms with van der Waals surface area (Å²) in [7, 11) is 0. The lowest BCUT2D eigenvalue weighted by atomic mass is 9.98. The predicted molar refractivity (Wildman–Crippen MR) is 56.1 cm³/mol. The van der Waals surface area contributed by atoms with Gasteiger partial charge in [-0.05, 0) is 30.5 Å². The maximum absolute atomic E-state index is 5.81. The van der Waals surface area contributed by atoms with Crippen LogP contribution in [-0.4, -0.2) is 18.1 Å². The van der Waals surface area contributed by atoms with Crippen molar-refractivity contribution in [1.82, 2.24) is 10.3 Å². The van der Waals surface area contributed by atoms with Gasteiger partial charge in [0.15, 0.2) is 0 Å². The first-order valence-corrected chi connectivity index (χ1v) is 4.28. The molecular formula is C9H14ClN3.